The van der Waals surface area contributed by atoms with Gasteiger partial charge in [-0.25, -0.2) is 0 Å². The Balaban J connectivity index is 2.90. The highest BCUT2D eigenvalue weighted by molar-refractivity contribution is 7.80. The zero-order valence-electron chi connectivity index (χ0n) is 12.7. The lowest BCUT2D eigenvalue weighted by molar-refractivity contribution is -0.143. The molecule has 0 atom stereocenters. The summed E-state index contributed by atoms with van der Waals surface area (Å²) < 4.78 is 10.5. The highest BCUT2D eigenvalue weighted by atomic mass is 32.1. The normalized spacial score (nSPS) is 18.0. The van der Waals surface area contributed by atoms with E-state index in [2.05, 4.69) is 13.8 Å². The van der Waals surface area contributed by atoms with E-state index >= 15 is 0 Å². The van der Waals surface area contributed by atoms with Crippen molar-refractivity contribution in [1.29, 1.82) is 0 Å². The molecule has 0 saturated carbocycles. The predicted octanol–water partition coefficient (Wildman–Crippen LogP) is 1.20. The van der Waals surface area contributed by atoms with E-state index in [-0.39, 0.29) is 10.9 Å². The number of hydrogen-bond donors (Lipinski definition) is 1. The standard InChI is InChI=1S/C14H26N2O3S/c1-11(2)10-16(6-9-18-3)13(17)14(12(15)20)4-7-19-8-5-14/h11H,4-10H2,1-3H3,(H2,15,20). The summed E-state index contributed by atoms with van der Waals surface area (Å²) in [4.78, 5) is 15.1. The smallest absolute Gasteiger partial charge is 0.235 e. The summed E-state index contributed by atoms with van der Waals surface area (Å²) >= 11 is 5.19. The van der Waals surface area contributed by atoms with Gasteiger partial charge in [-0.15, -0.1) is 0 Å². The van der Waals surface area contributed by atoms with Gasteiger partial charge in [0.2, 0.25) is 5.91 Å². The summed E-state index contributed by atoms with van der Waals surface area (Å²) in [5, 5.41) is 0. The van der Waals surface area contributed by atoms with Crippen molar-refractivity contribution in [3.05, 3.63) is 0 Å². The van der Waals surface area contributed by atoms with Gasteiger partial charge in [0.1, 0.15) is 5.41 Å². The quantitative estimate of drug-likeness (QED) is 0.716. The number of nitrogens with two attached hydrogens (primary N) is 1. The van der Waals surface area contributed by atoms with Crippen molar-refractivity contribution in [1.82, 2.24) is 4.90 Å². The number of thiocarbonyl (C=S) groups is 1. The first-order valence-corrected chi connectivity index (χ1v) is 7.51. The highest BCUT2D eigenvalue weighted by Gasteiger charge is 2.45. The van der Waals surface area contributed by atoms with Crippen molar-refractivity contribution in [2.45, 2.75) is 26.7 Å². The fraction of sp³-hybridized carbons (Fsp3) is 0.857. The molecule has 5 nitrogen and oxygen atoms in total. The maximum absolute atomic E-state index is 13.0. The number of methoxy groups -OCH3 is 1. The Morgan fingerprint density at radius 3 is 2.50 bits per heavy atom. The van der Waals surface area contributed by atoms with E-state index < -0.39 is 5.41 Å². The summed E-state index contributed by atoms with van der Waals surface area (Å²) in [6, 6.07) is 0. The Morgan fingerprint density at radius 1 is 1.45 bits per heavy atom. The number of hydrogen-bond acceptors (Lipinski definition) is 4. The van der Waals surface area contributed by atoms with E-state index in [0.29, 0.717) is 51.7 Å². The van der Waals surface area contributed by atoms with Crippen LogP contribution in [0.3, 0.4) is 0 Å². The van der Waals surface area contributed by atoms with Crippen LogP contribution in [0.15, 0.2) is 0 Å². The molecule has 0 aromatic heterocycles. The molecule has 0 unspecified atom stereocenters. The molecule has 1 amide bonds. The summed E-state index contributed by atoms with van der Waals surface area (Å²) in [6.07, 6.45) is 1.14. The molecule has 1 fully saturated rings. The summed E-state index contributed by atoms with van der Waals surface area (Å²) in [6.45, 7) is 7.01. The van der Waals surface area contributed by atoms with Gasteiger partial charge in [0.05, 0.1) is 11.6 Å². The van der Waals surface area contributed by atoms with Crippen molar-refractivity contribution in [3.63, 3.8) is 0 Å². The average molecular weight is 302 g/mol. The third-order valence-corrected chi connectivity index (χ3v) is 4.06. The highest BCUT2D eigenvalue weighted by Crippen LogP contribution is 2.33. The number of carbonyl (C=O) groups excluding carboxylic acids is 1. The predicted molar refractivity (Wildman–Crippen MR) is 82.6 cm³/mol. The molecule has 20 heavy (non-hydrogen) atoms. The third kappa shape index (κ3) is 4.14. The second-order valence-electron chi connectivity index (χ2n) is 5.70. The van der Waals surface area contributed by atoms with Crippen LogP contribution in [-0.2, 0) is 14.3 Å². The Labute approximate surface area is 126 Å². The molecule has 1 aliphatic heterocycles. The molecule has 0 aromatic rings. The molecule has 1 aliphatic rings. The average Bonchev–Trinajstić information content (AvgIpc) is 2.42. The molecule has 0 bridgehead atoms. The molecule has 0 aromatic carbocycles. The van der Waals surface area contributed by atoms with Crippen LogP contribution in [0.2, 0.25) is 0 Å². The van der Waals surface area contributed by atoms with Crippen LogP contribution >= 0.6 is 12.2 Å². The molecule has 0 radical (unpaired) electrons. The minimum atomic E-state index is -0.740. The monoisotopic (exact) mass is 302 g/mol. The Kier molecular flexibility index (Phi) is 6.85. The molecule has 6 heteroatoms. The number of nitrogens with zero attached hydrogens (tertiary/aromatic N) is 1. The molecule has 116 valence electrons. The molecule has 1 heterocycles. The van der Waals surface area contributed by atoms with Crippen LogP contribution < -0.4 is 5.73 Å². The SMILES string of the molecule is COCCN(CC(C)C)C(=O)C1(C(N)=S)CCOCC1. The summed E-state index contributed by atoms with van der Waals surface area (Å²) in [5.74, 6) is 0.415. The summed E-state index contributed by atoms with van der Waals surface area (Å²) in [7, 11) is 1.63. The maximum Gasteiger partial charge on any atom is 0.235 e. The molecule has 0 spiro atoms. The van der Waals surface area contributed by atoms with Crippen LogP contribution in [0, 0.1) is 11.3 Å². The largest absolute Gasteiger partial charge is 0.392 e. The lowest BCUT2D eigenvalue weighted by Gasteiger charge is -2.39. The van der Waals surface area contributed by atoms with Gasteiger partial charge in [-0.1, -0.05) is 26.1 Å². The van der Waals surface area contributed by atoms with Crippen LogP contribution in [0.1, 0.15) is 26.7 Å². The van der Waals surface area contributed by atoms with Gasteiger partial charge in [-0.05, 0) is 18.8 Å². The van der Waals surface area contributed by atoms with Gasteiger partial charge >= 0.3 is 0 Å². The van der Waals surface area contributed by atoms with Crippen molar-refractivity contribution in [3.8, 4) is 0 Å². The van der Waals surface area contributed by atoms with Crippen molar-refractivity contribution in [2.75, 3.05) is 40.0 Å². The van der Waals surface area contributed by atoms with Crippen LogP contribution in [0.25, 0.3) is 0 Å². The number of amides is 1. The van der Waals surface area contributed by atoms with Gasteiger partial charge in [-0.2, -0.15) is 0 Å². The topological polar surface area (TPSA) is 64.8 Å². The minimum Gasteiger partial charge on any atom is -0.392 e. The van der Waals surface area contributed by atoms with Gasteiger partial charge in [0.15, 0.2) is 0 Å². The van der Waals surface area contributed by atoms with Crippen molar-refractivity contribution in [2.24, 2.45) is 17.1 Å². The first kappa shape index (κ1) is 17.3. The van der Waals surface area contributed by atoms with Gasteiger partial charge in [0, 0.05) is 33.4 Å². The number of ether oxygens (including phenoxy) is 2. The van der Waals surface area contributed by atoms with E-state index in [4.69, 9.17) is 27.4 Å². The van der Waals surface area contributed by atoms with E-state index in [1.165, 1.54) is 0 Å². The number of carbonyl (C=O) groups is 1. The first-order valence-electron chi connectivity index (χ1n) is 7.10. The fourth-order valence-electron chi connectivity index (χ4n) is 2.51. The lowest BCUT2D eigenvalue weighted by atomic mass is 9.78. The van der Waals surface area contributed by atoms with E-state index in [9.17, 15) is 4.79 Å². The van der Waals surface area contributed by atoms with Crippen LogP contribution in [-0.4, -0.2) is 55.8 Å². The van der Waals surface area contributed by atoms with Gasteiger partial charge in [0.25, 0.3) is 0 Å². The zero-order valence-corrected chi connectivity index (χ0v) is 13.5. The van der Waals surface area contributed by atoms with Crippen LogP contribution in [0.4, 0.5) is 0 Å². The Morgan fingerprint density at radius 2 is 2.05 bits per heavy atom. The second kappa shape index (κ2) is 7.90. The van der Waals surface area contributed by atoms with E-state index in [1.54, 1.807) is 7.11 Å². The molecular formula is C14H26N2O3S. The molecule has 1 saturated heterocycles. The first-order chi connectivity index (χ1) is 9.44. The van der Waals surface area contributed by atoms with Crippen molar-refractivity contribution < 1.29 is 14.3 Å². The zero-order chi connectivity index (χ0) is 15.2. The third-order valence-electron chi connectivity index (χ3n) is 3.67. The van der Waals surface area contributed by atoms with Gasteiger partial charge < -0.3 is 20.1 Å². The molecule has 2 N–H and O–H groups in total. The van der Waals surface area contributed by atoms with Crippen LogP contribution in [0.5, 0.6) is 0 Å². The van der Waals surface area contributed by atoms with E-state index in [0.717, 1.165) is 0 Å². The Hall–Kier alpha value is -0.720. The second-order valence-corrected chi connectivity index (χ2v) is 6.14. The Bertz CT molecular complexity index is 341. The summed E-state index contributed by atoms with van der Waals surface area (Å²) in [5.41, 5.74) is 5.16. The van der Waals surface area contributed by atoms with E-state index in [1.807, 2.05) is 4.90 Å². The minimum absolute atomic E-state index is 0.0269. The molecular weight excluding hydrogens is 276 g/mol. The fourth-order valence-corrected chi connectivity index (χ4v) is 2.80. The lowest BCUT2D eigenvalue weighted by Crippen LogP contribution is -2.54. The van der Waals surface area contributed by atoms with Crippen molar-refractivity contribution >= 4 is 23.1 Å². The number of rotatable bonds is 7. The molecule has 0 aliphatic carbocycles. The van der Waals surface area contributed by atoms with Gasteiger partial charge in [-0.3, -0.25) is 4.79 Å². The maximum atomic E-state index is 13.0. The molecule has 1 rings (SSSR count).